The highest BCUT2D eigenvalue weighted by Crippen LogP contribution is 2.30. The Labute approximate surface area is 153 Å². The summed E-state index contributed by atoms with van der Waals surface area (Å²) in [6, 6.07) is 6.66. The van der Waals surface area contributed by atoms with Gasteiger partial charge in [0.2, 0.25) is 0 Å². The molecule has 11 heteroatoms. The fraction of sp³-hybridized carbons (Fsp3) is 0.188. The molecule has 0 aliphatic rings. The summed E-state index contributed by atoms with van der Waals surface area (Å²) in [7, 11) is -4.67. The average Bonchev–Trinajstić information content (AvgIpc) is 2.62. The normalized spacial score (nSPS) is 11.1. The lowest BCUT2D eigenvalue weighted by molar-refractivity contribution is -0.387. The van der Waals surface area contributed by atoms with E-state index in [1.807, 2.05) is 0 Å². The molecule has 0 heterocycles. The molecule has 0 radical (unpaired) electrons. The number of nitrogens with zero attached hydrogens (tertiary/aromatic N) is 2. The van der Waals surface area contributed by atoms with Crippen LogP contribution < -0.4 is 4.31 Å². The fourth-order valence-corrected chi connectivity index (χ4v) is 3.79. The zero-order valence-electron chi connectivity index (χ0n) is 14.0. The zero-order chi connectivity index (χ0) is 20.2. The van der Waals surface area contributed by atoms with E-state index in [9.17, 15) is 32.1 Å². The maximum absolute atomic E-state index is 13.6. The van der Waals surface area contributed by atoms with Crippen molar-refractivity contribution in [1.82, 2.24) is 0 Å². The van der Waals surface area contributed by atoms with E-state index in [1.165, 1.54) is 19.1 Å². The third kappa shape index (κ3) is 4.37. The van der Waals surface area contributed by atoms with Gasteiger partial charge in [-0.2, -0.15) is 0 Å². The number of carbonyl (C=O) groups excluding carboxylic acids is 1. The highest BCUT2D eigenvalue weighted by atomic mass is 32.2. The van der Waals surface area contributed by atoms with Crippen LogP contribution in [0.5, 0.6) is 0 Å². The molecule has 8 nitrogen and oxygen atoms in total. The molecule has 0 N–H and O–H groups in total. The molecule has 0 aliphatic carbocycles. The Kier molecular flexibility index (Phi) is 6.05. The summed E-state index contributed by atoms with van der Waals surface area (Å²) in [4.78, 5) is 21.4. The van der Waals surface area contributed by atoms with Gasteiger partial charge in [0.15, 0.2) is 16.5 Å². The number of anilines is 1. The first-order chi connectivity index (χ1) is 12.7. The zero-order valence-corrected chi connectivity index (χ0v) is 14.8. The average molecular weight is 400 g/mol. The van der Waals surface area contributed by atoms with E-state index in [-0.39, 0.29) is 12.3 Å². The second-order valence-electron chi connectivity index (χ2n) is 5.14. The number of rotatable bonds is 7. The maximum Gasteiger partial charge on any atom is 0.326 e. The molecule has 0 bridgehead atoms. The number of nitro groups is 1. The van der Waals surface area contributed by atoms with Crippen LogP contribution in [0.2, 0.25) is 0 Å². The standard InChI is InChI=1S/C16H14F2N2O6S/c1-2-26-16(21)10-19(11-7-8-12(17)13(18)9-11)27(24,25)15-6-4-3-5-14(15)20(22)23/h3-9H,2,10H2,1H3. The fourth-order valence-electron chi connectivity index (χ4n) is 2.22. The maximum atomic E-state index is 13.6. The van der Waals surface area contributed by atoms with Crippen molar-refractivity contribution in [2.45, 2.75) is 11.8 Å². The smallest absolute Gasteiger partial charge is 0.326 e. The Hall–Kier alpha value is -3.08. The second kappa shape index (κ2) is 8.08. The Balaban J connectivity index is 2.63. The van der Waals surface area contributed by atoms with Crippen LogP contribution in [0.3, 0.4) is 0 Å². The third-order valence-corrected chi connectivity index (χ3v) is 5.22. The Morgan fingerprint density at radius 2 is 1.85 bits per heavy atom. The number of carbonyl (C=O) groups is 1. The minimum atomic E-state index is -4.67. The molecular formula is C16H14F2N2O6S. The quantitative estimate of drug-likeness (QED) is 0.402. The van der Waals surface area contributed by atoms with Gasteiger partial charge in [0.05, 0.1) is 17.2 Å². The minimum absolute atomic E-state index is 0.0457. The van der Waals surface area contributed by atoms with Crippen molar-refractivity contribution in [3.8, 4) is 0 Å². The number of ether oxygens (including phenoxy) is 1. The van der Waals surface area contributed by atoms with Crippen molar-refractivity contribution >= 4 is 27.4 Å². The molecule has 2 rings (SSSR count). The van der Waals surface area contributed by atoms with Gasteiger partial charge in [-0.15, -0.1) is 0 Å². The van der Waals surface area contributed by atoms with Crippen molar-refractivity contribution in [1.29, 1.82) is 0 Å². The Morgan fingerprint density at radius 3 is 2.44 bits per heavy atom. The van der Waals surface area contributed by atoms with Crippen LogP contribution in [-0.2, 0) is 19.6 Å². The lowest BCUT2D eigenvalue weighted by Crippen LogP contribution is -2.37. The van der Waals surface area contributed by atoms with Crippen molar-refractivity contribution in [3.63, 3.8) is 0 Å². The van der Waals surface area contributed by atoms with Crippen LogP contribution in [0.1, 0.15) is 6.92 Å². The number of esters is 1. The van der Waals surface area contributed by atoms with Gasteiger partial charge in [-0.05, 0) is 25.1 Å². The highest BCUT2D eigenvalue weighted by Gasteiger charge is 2.33. The molecule has 0 amide bonds. The summed E-state index contributed by atoms with van der Waals surface area (Å²) in [5.41, 5.74) is -1.12. The summed E-state index contributed by atoms with van der Waals surface area (Å²) in [5, 5.41) is 11.2. The van der Waals surface area contributed by atoms with Crippen LogP contribution in [0.25, 0.3) is 0 Å². The predicted octanol–water partition coefficient (Wildman–Crippen LogP) is 2.63. The monoisotopic (exact) mass is 400 g/mol. The minimum Gasteiger partial charge on any atom is -0.465 e. The summed E-state index contributed by atoms with van der Waals surface area (Å²) in [5.74, 6) is -3.54. The van der Waals surface area contributed by atoms with Crippen LogP contribution in [0.4, 0.5) is 20.2 Å². The molecule has 27 heavy (non-hydrogen) atoms. The molecule has 0 unspecified atom stereocenters. The van der Waals surface area contributed by atoms with Crippen molar-refractivity contribution < 1.29 is 31.7 Å². The van der Waals surface area contributed by atoms with Crippen LogP contribution >= 0.6 is 0 Å². The number of hydrogen-bond acceptors (Lipinski definition) is 6. The first-order valence-corrected chi connectivity index (χ1v) is 8.99. The number of para-hydroxylation sites is 1. The molecule has 2 aromatic carbocycles. The van der Waals surface area contributed by atoms with Gasteiger partial charge in [0.25, 0.3) is 15.7 Å². The summed E-state index contributed by atoms with van der Waals surface area (Å²) in [6.45, 7) is 0.569. The SMILES string of the molecule is CCOC(=O)CN(c1ccc(F)c(F)c1)S(=O)(=O)c1ccccc1[N+](=O)[O-]. The van der Waals surface area contributed by atoms with Gasteiger partial charge in [0.1, 0.15) is 6.54 Å². The van der Waals surface area contributed by atoms with Crippen molar-refractivity contribution in [3.05, 3.63) is 64.2 Å². The number of sulfonamides is 1. The molecule has 0 spiro atoms. The van der Waals surface area contributed by atoms with E-state index in [1.54, 1.807) is 0 Å². The largest absolute Gasteiger partial charge is 0.465 e. The number of benzene rings is 2. The molecule has 2 aromatic rings. The molecule has 0 aliphatic heterocycles. The van der Waals surface area contributed by atoms with Crippen molar-refractivity contribution in [2.75, 3.05) is 17.5 Å². The molecule has 0 atom stereocenters. The molecule has 144 valence electrons. The Bertz CT molecular complexity index is 981. The van der Waals surface area contributed by atoms with Crippen LogP contribution in [0, 0.1) is 21.7 Å². The van der Waals surface area contributed by atoms with Gasteiger partial charge in [-0.1, -0.05) is 12.1 Å². The first kappa shape index (κ1) is 20.2. The van der Waals surface area contributed by atoms with Crippen LogP contribution in [-0.4, -0.2) is 32.5 Å². The predicted molar refractivity (Wildman–Crippen MR) is 90.6 cm³/mol. The van der Waals surface area contributed by atoms with Gasteiger partial charge in [0, 0.05) is 12.1 Å². The lowest BCUT2D eigenvalue weighted by Gasteiger charge is -2.23. The van der Waals surface area contributed by atoms with Crippen molar-refractivity contribution in [2.24, 2.45) is 0 Å². The van der Waals surface area contributed by atoms with Crippen LogP contribution in [0.15, 0.2) is 47.4 Å². The molecule has 0 aromatic heterocycles. The van der Waals surface area contributed by atoms with E-state index in [2.05, 4.69) is 0 Å². The first-order valence-electron chi connectivity index (χ1n) is 7.55. The molecule has 0 saturated heterocycles. The lowest BCUT2D eigenvalue weighted by atomic mass is 10.3. The van der Waals surface area contributed by atoms with Gasteiger partial charge in [-0.25, -0.2) is 17.2 Å². The van der Waals surface area contributed by atoms with E-state index < -0.39 is 49.7 Å². The van der Waals surface area contributed by atoms with E-state index in [0.717, 1.165) is 18.2 Å². The molecular weight excluding hydrogens is 386 g/mol. The number of hydrogen-bond donors (Lipinski definition) is 0. The van der Waals surface area contributed by atoms with E-state index in [4.69, 9.17) is 4.74 Å². The summed E-state index contributed by atoms with van der Waals surface area (Å²) < 4.78 is 57.9. The number of nitro benzene ring substituents is 1. The topological polar surface area (TPSA) is 107 Å². The second-order valence-corrected chi connectivity index (χ2v) is 6.97. The molecule has 0 saturated carbocycles. The molecule has 0 fully saturated rings. The highest BCUT2D eigenvalue weighted by molar-refractivity contribution is 7.93. The van der Waals surface area contributed by atoms with E-state index >= 15 is 0 Å². The van der Waals surface area contributed by atoms with Gasteiger partial charge in [-0.3, -0.25) is 19.2 Å². The number of halogens is 2. The van der Waals surface area contributed by atoms with Gasteiger partial charge >= 0.3 is 5.97 Å². The van der Waals surface area contributed by atoms with Gasteiger partial charge < -0.3 is 4.74 Å². The Morgan fingerprint density at radius 1 is 1.19 bits per heavy atom. The summed E-state index contributed by atoms with van der Waals surface area (Å²) in [6.07, 6.45) is 0. The summed E-state index contributed by atoms with van der Waals surface area (Å²) >= 11 is 0. The third-order valence-electron chi connectivity index (χ3n) is 3.40. The van der Waals surface area contributed by atoms with E-state index in [0.29, 0.717) is 16.4 Å².